The van der Waals surface area contributed by atoms with Crippen LogP contribution in [0.15, 0.2) is 48.5 Å². The number of rotatable bonds is 7. The van der Waals surface area contributed by atoms with Crippen molar-refractivity contribution in [1.29, 1.82) is 0 Å². The lowest BCUT2D eigenvalue weighted by atomic mass is 9.98. The molecule has 0 radical (unpaired) electrons. The second-order valence-corrected chi connectivity index (χ2v) is 6.74. The summed E-state index contributed by atoms with van der Waals surface area (Å²) < 4.78 is 38.3. The molecule has 0 aliphatic rings. The zero-order valence-corrected chi connectivity index (χ0v) is 16.7. The summed E-state index contributed by atoms with van der Waals surface area (Å²) in [6, 6.07) is 12.4. The molecule has 9 heteroatoms. The van der Waals surface area contributed by atoms with Crippen LogP contribution >= 0.6 is 0 Å². The number of hydrogen-bond donors (Lipinski definition) is 0. The average Bonchev–Trinajstić information content (AvgIpc) is 3.17. The van der Waals surface area contributed by atoms with E-state index in [1.807, 2.05) is 38.1 Å². The Morgan fingerprint density at radius 3 is 2.33 bits per heavy atom. The average molecular weight is 417 g/mol. The largest absolute Gasteiger partial charge is 0.416 e. The van der Waals surface area contributed by atoms with Crippen molar-refractivity contribution < 1.29 is 18.0 Å². The van der Waals surface area contributed by atoms with Gasteiger partial charge in [-0.2, -0.15) is 18.0 Å². The lowest BCUT2D eigenvalue weighted by molar-refractivity contribution is -0.137. The number of alkyl halides is 3. The first-order valence-electron chi connectivity index (χ1n) is 9.61. The summed E-state index contributed by atoms with van der Waals surface area (Å²) >= 11 is 0. The van der Waals surface area contributed by atoms with E-state index in [2.05, 4.69) is 15.4 Å². The molecular formula is C21H22F3N5O. The second kappa shape index (κ2) is 9.06. The Labute approximate surface area is 172 Å². The van der Waals surface area contributed by atoms with Gasteiger partial charge >= 0.3 is 6.18 Å². The van der Waals surface area contributed by atoms with Crippen LogP contribution in [0.5, 0.6) is 0 Å². The van der Waals surface area contributed by atoms with E-state index in [9.17, 15) is 18.0 Å². The van der Waals surface area contributed by atoms with Gasteiger partial charge in [0.2, 0.25) is 11.7 Å². The predicted octanol–water partition coefficient (Wildman–Crippen LogP) is 3.82. The van der Waals surface area contributed by atoms with Crippen LogP contribution in [0.2, 0.25) is 0 Å². The van der Waals surface area contributed by atoms with Crippen LogP contribution < -0.4 is 0 Å². The minimum Gasteiger partial charge on any atom is -0.342 e. The molecular weight excluding hydrogens is 395 g/mol. The normalized spacial score (nSPS) is 11.5. The van der Waals surface area contributed by atoms with Gasteiger partial charge in [-0.25, -0.2) is 0 Å². The van der Waals surface area contributed by atoms with Gasteiger partial charge < -0.3 is 4.90 Å². The number of benzene rings is 2. The molecule has 0 saturated carbocycles. The molecule has 30 heavy (non-hydrogen) atoms. The Balaban J connectivity index is 1.79. The number of carbonyl (C=O) groups excluding carboxylic acids is 1. The van der Waals surface area contributed by atoms with E-state index in [0.29, 0.717) is 25.3 Å². The minimum atomic E-state index is -4.36. The van der Waals surface area contributed by atoms with Gasteiger partial charge in [-0.15, -0.1) is 10.2 Å². The molecule has 1 heterocycles. The molecule has 3 aromatic rings. The highest BCUT2D eigenvalue weighted by Gasteiger charge is 2.29. The van der Waals surface area contributed by atoms with Gasteiger partial charge in [-0.05, 0) is 48.7 Å². The van der Waals surface area contributed by atoms with Crippen molar-refractivity contribution in [2.24, 2.45) is 0 Å². The van der Waals surface area contributed by atoms with E-state index < -0.39 is 11.7 Å². The zero-order chi connectivity index (χ0) is 21.7. The maximum Gasteiger partial charge on any atom is 0.416 e. The second-order valence-electron chi connectivity index (χ2n) is 6.74. The number of aromatic nitrogens is 4. The SMILES string of the molecule is CCN(CC)C(=O)Cn1nnc(-c2ccccc2Cc2ccc(C(F)(F)F)cc2)n1. The van der Waals surface area contributed by atoms with Gasteiger partial charge in [-0.1, -0.05) is 36.4 Å². The molecule has 0 saturated heterocycles. The maximum absolute atomic E-state index is 12.8. The van der Waals surface area contributed by atoms with Crippen LogP contribution in [0.3, 0.4) is 0 Å². The summed E-state index contributed by atoms with van der Waals surface area (Å²) in [5.41, 5.74) is 1.63. The summed E-state index contributed by atoms with van der Waals surface area (Å²) in [5, 5.41) is 12.4. The van der Waals surface area contributed by atoms with E-state index in [0.717, 1.165) is 28.8 Å². The molecule has 0 bridgehead atoms. The predicted molar refractivity (Wildman–Crippen MR) is 105 cm³/mol. The van der Waals surface area contributed by atoms with E-state index in [1.165, 1.54) is 16.9 Å². The first kappa shape index (κ1) is 21.5. The van der Waals surface area contributed by atoms with Crippen LogP contribution in [-0.2, 0) is 23.9 Å². The molecule has 3 rings (SSSR count). The zero-order valence-electron chi connectivity index (χ0n) is 16.7. The third-order valence-corrected chi connectivity index (χ3v) is 4.78. The third-order valence-electron chi connectivity index (χ3n) is 4.78. The van der Waals surface area contributed by atoms with Crippen LogP contribution in [0.1, 0.15) is 30.5 Å². The number of halogens is 3. The van der Waals surface area contributed by atoms with Crippen molar-refractivity contribution in [2.45, 2.75) is 33.0 Å². The van der Waals surface area contributed by atoms with Crippen molar-refractivity contribution >= 4 is 5.91 Å². The molecule has 0 N–H and O–H groups in total. The third kappa shape index (κ3) is 5.03. The molecule has 0 aliphatic heterocycles. The van der Waals surface area contributed by atoms with Gasteiger partial charge in [0, 0.05) is 18.7 Å². The molecule has 2 aromatic carbocycles. The van der Waals surface area contributed by atoms with Gasteiger partial charge in [0.05, 0.1) is 5.56 Å². The fraction of sp³-hybridized carbons (Fsp3) is 0.333. The number of amides is 1. The summed E-state index contributed by atoms with van der Waals surface area (Å²) in [5.74, 6) is 0.270. The number of likely N-dealkylation sites (N-methyl/N-ethyl adjacent to an activating group) is 1. The summed E-state index contributed by atoms with van der Waals surface area (Å²) in [4.78, 5) is 15.2. The summed E-state index contributed by atoms with van der Waals surface area (Å²) in [6.45, 7) is 5.01. The standard InChI is InChI=1S/C21H22F3N5O/c1-3-28(4-2)19(30)14-29-26-20(25-27-29)18-8-6-5-7-16(18)13-15-9-11-17(12-10-15)21(22,23)24/h5-12H,3-4,13-14H2,1-2H3. The van der Waals surface area contributed by atoms with Crippen molar-refractivity contribution in [2.75, 3.05) is 13.1 Å². The molecule has 0 spiro atoms. The molecule has 0 aliphatic carbocycles. The topological polar surface area (TPSA) is 63.9 Å². The van der Waals surface area contributed by atoms with Gasteiger partial charge in [-0.3, -0.25) is 4.79 Å². The fourth-order valence-corrected chi connectivity index (χ4v) is 3.14. The van der Waals surface area contributed by atoms with Crippen LogP contribution in [0.25, 0.3) is 11.4 Å². The Morgan fingerprint density at radius 1 is 1.03 bits per heavy atom. The monoisotopic (exact) mass is 417 g/mol. The van der Waals surface area contributed by atoms with Crippen molar-refractivity contribution in [3.63, 3.8) is 0 Å². The van der Waals surface area contributed by atoms with Gasteiger partial charge in [0.25, 0.3) is 0 Å². The van der Waals surface area contributed by atoms with Crippen LogP contribution in [0.4, 0.5) is 13.2 Å². The Morgan fingerprint density at radius 2 is 1.70 bits per heavy atom. The van der Waals surface area contributed by atoms with E-state index >= 15 is 0 Å². The first-order chi connectivity index (χ1) is 14.3. The van der Waals surface area contributed by atoms with Crippen molar-refractivity contribution in [3.05, 3.63) is 65.2 Å². The lowest BCUT2D eigenvalue weighted by Crippen LogP contribution is -2.34. The van der Waals surface area contributed by atoms with Crippen molar-refractivity contribution in [3.8, 4) is 11.4 Å². The Kier molecular flexibility index (Phi) is 6.49. The van der Waals surface area contributed by atoms with Gasteiger partial charge in [0.1, 0.15) is 6.54 Å². The summed E-state index contributed by atoms with van der Waals surface area (Å²) in [7, 11) is 0. The van der Waals surface area contributed by atoms with Crippen molar-refractivity contribution in [1.82, 2.24) is 25.1 Å². The smallest absolute Gasteiger partial charge is 0.342 e. The molecule has 1 amide bonds. The van der Waals surface area contributed by atoms with E-state index in [-0.39, 0.29) is 12.5 Å². The molecule has 1 aromatic heterocycles. The lowest BCUT2D eigenvalue weighted by Gasteiger charge is -2.17. The minimum absolute atomic E-state index is 0.00421. The van der Waals surface area contributed by atoms with Gasteiger partial charge in [0.15, 0.2) is 0 Å². The highest BCUT2D eigenvalue weighted by Crippen LogP contribution is 2.30. The first-order valence-corrected chi connectivity index (χ1v) is 9.61. The highest BCUT2D eigenvalue weighted by molar-refractivity contribution is 5.75. The van der Waals surface area contributed by atoms with Crippen LogP contribution in [0, 0.1) is 0 Å². The fourth-order valence-electron chi connectivity index (χ4n) is 3.14. The Bertz CT molecular complexity index is 994. The molecule has 0 unspecified atom stereocenters. The summed E-state index contributed by atoms with van der Waals surface area (Å²) in [6.07, 6.45) is -3.94. The maximum atomic E-state index is 12.8. The number of tetrazole rings is 1. The van der Waals surface area contributed by atoms with E-state index in [1.54, 1.807) is 4.90 Å². The molecule has 0 atom stereocenters. The van der Waals surface area contributed by atoms with E-state index in [4.69, 9.17) is 0 Å². The molecule has 0 fully saturated rings. The number of hydrogen-bond acceptors (Lipinski definition) is 4. The number of nitrogens with zero attached hydrogens (tertiary/aromatic N) is 5. The quantitative estimate of drug-likeness (QED) is 0.586. The number of carbonyl (C=O) groups is 1. The molecule has 6 nitrogen and oxygen atoms in total. The Hall–Kier alpha value is -3.23. The highest BCUT2D eigenvalue weighted by atomic mass is 19.4. The molecule has 158 valence electrons. The van der Waals surface area contributed by atoms with Crippen LogP contribution in [-0.4, -0.2) is 44.1 Å².